The highest BCUT2D eigenvalue weighted by atomic mass is 16.6. The van der Waals surface area contributed by atoms with E-state index in [2.05, 4.69) is 24.1 Å². The van der Waals surface area contributed by atoms with E-state index in [-0.39, 0.29) is 17.4 Å². The van der Waals surface area contributed by atoms with E-state index in [0.29, 0.717) is 30.8 Å². The van der Waals surface area contributed by atoms with Crippen molar-refractivity contribution in [1.82, 2.24) is 15.2 Å². The van der Waals surface area contributed by atoms with Crippen LogP contribution in [0.4, 0.5) is 4.79 Å². The number of aromatic nitrogens is 1. The van der Waals surface area contributed by atoms with Crippen molar-refractivity contribution in [2.24, 2.45) is 5.41 Å². The van der Waals surface area contributed by atoms with Crippen molar-refractivity contribution in [1.29, 1.82) is 0 Å². The van der Waals surface area contributed by atoms with E-state index < -0.39 is 11.7 Å². The van der Waals surface area contributed by atoms with Gasteiger partial charge in [0.1, 0.15) is 11.3 Å². The minimum absolute atomic E-state index is 0.0543. The van der Waals surface area contributed by atoms with E-state index in [4.69, 9.17) is 9.15 Å². The molecule has 2 N–H and O–H groups in total. The number of fused-ring (bicyclic) bond motifs is 1. The van der Waals surface area contributed by atoms with Crippen molar-refractivity contribution in [3.05, 3.63) is 24.1 Å². The van der Waals surface area contributed by atoms with Gasteiger partial charge in [0.05, 0.1) is 11.8 Å². The summed E-state index contributed by atoms with van der Waals surface area (Å²) < 4.78 is 10.7. The summed E-state index contributed by atoms with van der Waals surface area (Å²) in [5.74, 6) is -0.0554. The average molecular weight is 361 g/mol. The van der Waals surface area contributed by atoms with Crippen molar-refractivity contribution in [3.63, 3.8) is 0 Å². The molecule has 1 saturated heterocycles. The molecule has 3 heterocycles. The molecular formula is C19H27N3O4. The highest BCUT2D eigenvalue weighted by Gasteiger charge is 2.39. The molecule has 0 aromatic carbocycles. The van der Waals surface area contributed by atoms with Gasteiger partial charge in [0.2, 0.25) is 0 Å². The predicted molar refractivity (Wildman–Crippen MR) is 98.0 cm³/mol. The molecule has 1 aliphatic heterocycles. The Balaban J connectivity index is 1.65. The van der Waals surface area contributed by atoms with Crippen LogP contribution in [0.1, 0.15) is 51.5 Å². The van der Waals surface area contributed by atoms with Crippen molar-refractivity contribution in [2.45, 2.75) is 52.7 Å². The minimum Gasteiger partial charge on any atom is -0.463 e. The number of nitrogens with one attached hydrogen (secondary N) is 2. The van der Waals surface area contributed by atoms with Gasteiger partial charge >= 0.3 is 6.09 Å². The van der Waals surface area contributed by atoms with Crippen molar-refractivity contribution < 1.29 is 18.7 Å². The number of nitrogens with zero attached hydrogens (tertiary/aromatic N) is 1. The summed E-state index contributed by atoms with van der Waals surface area (Å²) in [5.41, 5.74) is 1.21. The van der Waals surface area contributed by atoms with Crippen LogP contribution in [-0.2, 0) is 4.74 Å². The van der Waals surface area contributed by atoms with E-state index in [1.54, 1.807) is 18.4 Å². The summed E-state index contributed by atoms with van der Waals surface area (Å²) in [6, 6.07) is 3.48. The van der Waals surface area contributed by atoms with Gasteiger partial charge in [-0.3, -0.25) is 4.79 Å². The van der Waals surface area contributed by atoms with Gasteiger partial charge in [-0.2, -0.15) is 0 Å². The Morgan fingerprint density at radius 3 is 2.73 bits per heavy atom. The molecule has 7 nitrogen and oxygen atoms in total. The van der Waals surface area contributed by atoms with Gasteiger partial charge in [-0.05, 0) is 27.2 Å². The molecule has 1 atom stereocenters. The van der Waals surface area contributed by atoms with Crippen molar-refractivity contribution in [2.75, 3.05) is 13.1 Å². The van der Waals surface area contributed by atoms with Gasteiger partial charge in [-0.1, -0.05) is 13.8 Å². The fourth-order valence-corrected chi connectivity index (χ4v) is 3.38. The molecule has 1 fully saturated rings. The molecule has 0 saturated carbocycles. The molecule has 2 aromatic heterocycles. The monoisotopic (exact) mass is 361 g/mol. The van der Waals surface area contributed by atoms with Crippen LogP contribution in [0.25, 0.3) is 11.1 Å². The summed E-state index contributed by atoms with van der Waals surface area (Å²) in [6.45, 7) is 10.7. The number of hydrogen-bond acceptors (Lipinski definition) is 4. The molecule has 2 aromatic rings. The highest BCUT2D eigenvalue weighted by Crippen LogP contribution is 2.31. The molecule has 2 amide bonds. The summed E-state index contributed by atoms with van der Waals surface area (Å²) >= 11 is 0. The normalized spacial score (nSPS) is 20.2. The third-order valence-corrected chi connectivity index (χ3v) is 4.68. The fourth-order valence-electron chi connectivity index (χ4n) is 3.38. The van der Waals surface area contributed by atoms with Crippen LogP contribution in [0.3, 0.4) is 0 Å². The van der Waals surface area contributed by atoms with Crippen LogP contribution in [-0.4, -0.2) is 46.6 Å². The summed E-state index contributed by atoms with van der Waals surface area (Å²) in [6.07, 6.45) is 1.85. The third-order valence-electron chi connectivity index (χ3n) is 4.68. The second-order valence-electron chi connectivity index (χ2n) is 8.58. The molecule has 0 bridgehead atoms. The molecular weight excluding hydrogens is 334 g/mol. The molecule has 3 rings (SSSR count). The maximum Gasteiger partial charge on any atom is 0.407 e. The lowest BCUT2D eigenvalue weighted by Crippen LogP contribution is -2.57. The number of likely N-dealkylation sites (tertiary alicyclic amines) is 1. The number of H-pyrrole nitrogens is 1. The zero-order valence-electron chi connectivity index (χ0n) is 16.0. The largest absolute Gasteiger partial charge is 0.463 e. The van der Waals surface area contributed by atoms with E-state index in [9.17, 15) is 9.59 Å². The summed E-state index contributed by atoms with van der Waals surface area (Å²) in [7, 11) is 0. The first-order valence-electron chi connectivity index (χ1n) is 8.90. The van der Waals surface area contributed by atoms with Crippen LogP contribution < -0.4 is 5.32 Å². The smallest absolute Gasteiger partial charge is 0.407 e. The molecule has 0 aliphatic carbocycles. The number of carbonyl (C=O) groups is 2. The number of amides is 2. The lowest BCUT2D eigenvalue weighted by molar-refractivity contribution is 0.0304. The minimum atomic E-state index is -0.532. The highest BCUT2D eigenvalue weighted by molar-refractivity contribution is 5.96. The van der Waals surface area contributed by atoms with Crippen LogP contribution in [0, 0.1) is 5.41 Å². The van der Waals surface area contributed by atoms with Crippen LogP contribution in [0.5, 0.6) is 0 Å². The van der Waals surface area contributed by atoms with Gasteiger partial charge in [-0.25, -0.2) is 4.79 Å². The zero-order valence-corrected chi connectivity index (χ0v) is 16.0. The van der Waals surface area contributed by atoms with Gasteiger partial charge in [-0.15, -0.1) is 0 Å². The molecule has 0 radical (unpaired) electrons. The van der Waals surface area contributed by atoms with Crippen LogP contribution in [0.15, 0.2) is 22.8 Å². The number of aromatic amines is 1. The Kier molecular flexibility index (Phi) is 4.50. The first-order chi connectivity index (χ1) is 12.0. The number of furan rings is 1. The SMILES string of the molecule is CC(C)(C)OC(=O)NC1CCN(C(=O)c2cc3occc3[nH]2)CC1(C)C. The van der Waals surface area contributed by atoms with Gasteiger partial charge in [0.15, 0.2) is 5.58 Å². The number of rotatable bonds is 2. The Labute approximate surface area is 153 Å². The van der Waals surface area contributed by atoms with Gasteiger partial charge < -0.3 is 24.4 Å². The molecule has 26 heavy (non-hydrogen) atoms. The van der Waals surface area contributed by atoms with Gasteiger partial charge in [0.25, 0.3) is 5.91 Å². The maximum absolute atomic E-state index is 12.8. The number of alkyl carbamates (subject to hydrolysis) is 1. The van der Waals surface area contributed by atoms with Crippen LogP contribution >= 0.6 is 0 Å². The zero-order chi connectivity index (χ0) is 19.1. The maximum atomic E-state index is 12.8. The Morgan fingerprint density at radius 1 is 1.38 bits per heavy atom. The van der Waals surface area contributed by atoms with E-state index in [1.165, 1.54) is 0 Å². The molecule has 1 unspecified atom stereocenters. The Morgan fingerprint density at radius 2 is 2.12 bits per heavy atom. The Bertz CT molecular complexity index is 784. The third kappa shape index (κ3) is 3.86. The summed E-state index contributed by atoms with van der Waals surface area (Å²) in [5, 5.41) is 2.96. The molecule has 0 spiro atoms. The topological polar surface area (TPSA) is 87.6 Å². The molecule has 7 heteroatoms. The van der Waals surface area contributed by atoms with Gasteiger partial charge in [0, 0.05) is 36.7 Å². The first kappa shape index (κ1) is 18.4. The quantitative estimate of drug-likeness (QED) is 0.857. The second-order valence-corrected chi connectivity index (χ2v) is 8.58. The Hall–Kier alpha value is -2.44. The standard InChI is InChI=1S/C19H27N3O4/c1-18(2,3)26-17(24)21-15-6-8-22(11-19(15,4)5)16(23)13-10-14-12(20-13)7-9-25-14/h7,9-10,15,20H,6,8,11H2,1-5H3,(H,21,24). The van der Waals surface area contributed by atoms with Crippen molar-refractivity contribution in [3.8, 4) is 0 Å². The molecule has 142 valence electrons. The number of ether oxygens (including phenoxy) is 1. The average Bonchev–Trinajstić information content (AvgIpc) is 3.07. The molecule has 1 aliphatic rings. The fraction of sp³-hybridized carbons (Fsp3) is 0.579. The predicted octanol–water partition coefficient (Wildman–Crippen LogP) is 3.53. The number of hydrogen-bond donors (Lipinski definition) is 2. The lowest BCUT2D eigenvalue weighted by Gasteiger charge is -2.44. The van der Waals surface area contributed by atoms with Crippen LogP contribution in [0.2, 0.25) is 0 Å². The lowest BCUT2D eigenvalue weighted by atomic mass is 9.79. The first-order valence-corrected chi connectivity index (χ1v) is 8.90. The van der Waals surface area contributed by atoms with Crippen molar-refractivity contribution >= 4 is 23.1 Å². The number of piperidine rings is 1. The summed E-state index contributed by atoms with van der Waals surface area (Å²) in [4.78, 5) is 29.8. The van der Waals surface area contributed by atoms with E-state index in [1.807, 2.05) is 25.7 Å². The number of carbonyl (C=O) groups excluding carboxylic acids is 2. The van der Waals surface area contributed by atoms with E-state index in [0.717, 1.165) is 5.52 Å². The second kappa shape index (κ2) is 6.37. The van der Waals surface area contributed by atoms with E-state index >= 15 is 0 Å².